The van der Waals surface area contributed by atoms with Gasteiger partial charge in [0.1, 0.15) is 0 Å². The zero-order valence-corrected chi connectivity index (χ0v) is 15.5. The third kappa shape index (κ3) is 6.20. The van der Waals surface area contributed by atoms with Crippen molar-refractivity contribution in [3.05, 3.63) is 34.3 Å². The number of benzene rings is 1. The zero-order chi connectivity index (χ0) is 15.8. The molecule has 0 aliphatic carbocycles. The van der Waals surface area contributed by atoms with E-state index in [9.17, 15) is 0 Å². The minimum atomic E-state index is 0.810. The Morgan fingerprint density at radius 2 is 2.00 bits per heavy atom. The summed E-state index contributed by atoms with van der Waals surface area (Å²) in [5.41, 5.74) is 1.25. The highest BCUT2D eigenvalue weighted by molar-refractivity contribution is 9.10. The summed E-state index contributed by atoms with van der Waals surface area (Å²) >= 11 is 8.90. The lowest BCUT2D eigenvalue weighted by Crippen LogP contribution is -2.40. The highest BCUT2D eigenvalue weighted by Gasteiger charge is 2.10. The van der Waals surface area contributed by atoms with E-state index < -0.39 is 0 Å². The van der Waals surface area contributed by atoms with Crippen LogP contribution in [0.5, 0.6) is 0 Å². The predicted molar refractivity (Wildman–Crippen MR) is 98.1 cm³/mol. The van der Waals surface area contributed by atoms with E-state index in [4.69, 9.17) is 17.0 Å². The minimum Gasteiger partial charge on any atom is -0.379 e. The maximum Gasteiger partial charge on any atom is 0.168 e. The molecule has 0 atom stereocenters. The van der Waals surface area contributed by atoms with Crippen LogP contribution in [0.1, 0.15) is 12.0 Å². The Morgan fingerprint density at radius 1 is 1.32 bits per heavy atom. The molecule has 6 heteroatoms. The fourth-order valence-corrected chi connectivity index (χ4v) is 2.82. The van der Waals surface area contributed by atoms with Crippen LogP contribution in [0.15, 0.2) is 28.7 Å². The number of nitrogens with one attached hydrogen (secondary N) is 1. The molecule has 0 saturated carbocycles. The van der Waals surface area contributed by atoms with Crippen molar-refractivity contribution >= 4 is 33.3 Å². The quantitative estimate of drug-likeness (QED) is 0.599. The number of morpholine rings is 1. The molecule has 22 heavy (non-hydrogen) atoms. The van der Waals surface area contributed by atoms with E-state index >= 15 is 0 Å². The summed E-state index contributed by atoms with van der Waals surface area (Å²) in [6, 6.07) is 8.34. The van der Waals surface area contributed by atoms with Crippen molar-refractivity contribution in [2.75, 3.05) is 46.4 Å². The van der Waals surface area contributed by atoms with E-state index in [0.29, 0.717) is 0 Å². The van der Waals surface area contributed by atoms with Gasteiger partial charge in [0.05, 0.1) is 13.2 Å². The second-order valence-corrected chi connectivity index (χ2v) is 6.82. The van der Waals surface area contributed by atoms with E-state index in [2.05, 4.69) is 55.3 Å². The molecule has 1 aliphatic rings. The second kappa shape index (κ2) is 9.45. The highest BCUT2D eigenvalue weighted by atomic mass is 79.9. The van der Waals surface area contributed by atoms with Gasteiger partial charge in [-0.1, -0.05) is 28.1 Å². The number of hydrogen-bond donors (Lipinski definition) is 1. The molecule has 1 saturated heterocycles. The fourth-order valence-electron chi connectivity index (χ4n) is 2.39. The van der Waals surface area contributed by atoms with E-state index in [1.807, 2.05) is 7.05 Å². The topological polar surface area (TPSA) is 27.7 Å². The van der Waals surface area contributed by atoms with E-state index in [1.54, 1.807) is 0 Å². The molecule has 0 aromatic heterocycles. The van der Waals surface area contributed by atoms with Gasteiger partial charge in [0, 0.05) is 37.7 Å². The predicted octanol–water partition coefficient (Wildman–Crippen LogP) is 2.48. The summed E-state index contributed by atoms with van der Waals surface area (Å²) in [4.78, 5) is 4.52. The average molecular weight is 386 g/mol. The van der Waals surface area contributed by atoms with Crippen molar-refractivity contribution in [3.63, 3.8) is 0 Å². The first kappa shape index (κ1) is 17.7. The summed E-state index contributed by atoms with van der Waals surface area (Å²) in [7, 11) is 2.03. The molecule has 2 rings (SSSR count). The summed E-state index contributed by atoms with van der Waals surface area (Å²) in [6.45, 7) is 6.67. The normalized spacial score (nSPS) is 15.5. The van der Waals surface area contributed by atoms with Gasteiger partial charge in [0.25, 0.3) is 0 Å². The van der Waals surface area contributed by atoms with Crippen LogP contribution in [-0.4, -0.2) is 61.4 Å². The van der Waals surface area contributed by atoms with E-state index in [-0.39, 0.29) is 0 Å². The molecule has 1 aliphatic heterocycles. The maximum absolute atomic E-state index is 5.44. The molecule has 1 aromatic rings. The highest BCUT2D eigenvalue weighted by Crippen LogP contribution is 2.11. The molecule has 4 nitrogen and oxygen atoms in total. The molecule has 0 bridgehead atoms. The summed E-state index contributed by atoms with van der Waals surface area (Å²) in [6.07, 6.45) is 1.10. The Hall–Kier alpha value is -0.690. The van der Waals surface area contributed by atoms with Crippen LogP contribution in [0.3, 0.4) is 0 Å². The number of nitrogens with zero attached hydrogens (tertiary/aromatic N) is 2. The van der Waals surface area contributed by atoms with Crippen LogP contribution in [0.4, 0.5) is 0 Å². The molecule has 1 heterocycles. The maximum atomic E-state index is 5.44. The smallest absolute Gasteiger partial charge is 0.168 e. The van der Waals surface area contributed by atoms with Crippen LogP contribution in [0.25, 0.3) is 0 Å². The zero-order valence-electron chi connectivity index (χ0n) is 13.1. The number of ether oxygens (including phenoxy) is 1. The van der Waals surface area contributed by atoms with Crippen molar-refractivity contribution in [2.24, 2.45) is 0 Å². The van der Waals surface area contributed by atoms with Crippen LogP contribution >= 0.6 is 28.1 Å². The van der Waals surface area contributed by atoms with Crippen molar-refractivity contribution in [1.29, 1.82) is 0 Å². The first-order valence-corrected chi connectivity index (χ1v) is 8.89. The summed E-state index contributed by atoms with van der Waals surface area (Å²) in [5, 5.41) is 4.15. The second-order valence-electron chi connectivity index (χ2n) is 5.52. The van der Waals surface area contributed by atoms with E-state index in [1.165, 1.54) is 5.56 Å². The standard InChI is InChI=1S/C16H24BrN3OS/c1-19(13-14-3-5-15(17)6-4-14)16(22)18-7-2-8-20-9-11-21-12-10-20/h3-6H,2,7-13H2,1H3,(H,18,22). The number of hydrogen-bond acceptors (Lipinski definition) is 3. The van der Waals surface area contributed by atoms with E-state index in [0.717, 1.165) is 61.9 Å². The SMILES string of the molecule is CN(Cc1ccc(Br)cc1)C(=S)NCCCN1CCOCC1. The van der Waals surface area contributed by atoms with Crippen LogP contribution < -0.4 is 5.32 Å². The molecule has 122 valence electrons. The lowest BCUT2D eigenvalue weighted by molar-refractivity contribution is 0.0376. The van der Waals surface area contributed by atoms with Gasteiger partial charge >= 0.3 is 0 Å². The van der Waals surface area contributed by atoms with Gasteiger partial charge in [-0.2, -0.15) is 0 Å². The van der Waals surface area contributed by atoms with Crippen molar-refractivity contribution < 1.29 is 4.74 Å². The van der Waals surface area contributed by atoms with Crippen molar-refractivity contribution in [2.45, 2.75) is 13.0 Å². The Morgan fingerprint density at radius 3 is 2.68 bits per heavy atom. The molecule has 0 unspecified atom stereocenters. The first-order chi connectivity index (χ1) is 10.6. The van der Waals surface area contributed by atoms with Gasteiger partial charge in [-0.3, -0.25) is 4.90 Å². The fraction of sp³-hybridized carbons (Fsp3) is 0.562. The number of halogens is 1. The largest absolute Gasteiger partial charge is 0.379 e. The Balaban J connectivity index is 1.62. The molecular formula is C16H24BrN3OS. The van der Waals surface area contributed by atoms with Crippen LogP contribution in [-0.2, 0) is 11.3 Å². The first-order valence-electron chi connectivity index (χ1n) is 7.68. The molecule has 1 aromatic carbocycles. The van der Waals surface area contributed by atoms with Gasteiger partial charge in [-0.15, -0.1) is 0 Å². The third-order valence-electron chi connectivity index (χ3n) is 3.71. The molecule has 1 fully saturated rings. The molecular weight excluding hydrogens is 362 g/mol. The monoisotopic (exact) mass is 385 g/mol. The van der Waals surface area contributed by atoms with Crippen molar-refractivity contribution in [1.82, 2.24) is 15.1 Å². The van der Waals surface area contributed by atoms with Gasteiger partial charge in [0.2, 0.25) is 0 Å². The average Bonchev–Trinajstić information content (AvgIpc) is 2.54. The minimum absolute atomic E-state index is 0.810. The Labute approximate surface area is 146 Å². The van der Waals surface area contributed by atoms with Crippen LogP contribution in [0.2, 0.25) is 0 Å². The summed E-state index contributed by atoms with van der Waals surface area (Å²) < 4.78 is 6.45. The molecule has 0 radical (unpaired) electrons. The van der Waals surface area contributed by atoms with Gasteiger partial charge in [-0.05, 0) is 42.9 Å². The number of thiocarbonyl (C=S) groups is 1. The molecule has 0 amide bonds. The summed E-state index contributed by atoms with van der Waals surface area (Å²) in [5.74, 6) is 0. The molecule has 0 spiro atoms. The number of rotatable bonds is 6. The lowest BCUT2D eigenvalue weighted by Gasteiger charge is -2.27. The van der Waals surface area contributed by atoms with Gasteiger partial charge < -0.3 is 15.0 Å². The van der Waals surface area contributed by atoms with Gasteiger partial charge in [0.15, 0.2) is 5.11 Å². The van der Waals surface area contributed by atoms with Gasteiger partial charge in [-0.25, -0.2) is 0 Å². The third-order valence-corrected chi connectivity index (χ3v) is 4.70. The molecule has 1 N–H and O–H groups in total. The van der Waals surface area contributed by atoms with Crippen LogP contribution in [0, 0.1) is 0 Å². The van der Waals surface area contributed by atoms with Crippen molar-refractivity contribution in [3.8, 4) is 0 Å². The Bertz CT molecular complexity index is 463. The Kier molecular flexibility index (Phi) is 7.59. The lowest BCUT2D eigenvalue weighted by atomic mass is 10.2.